The Kier molecular flexibility index (Phi) is 709. The Hall–Kier alpha value is 2.38. The first-order chi connectivity index (χ1) is 0. The van der Waals surface area contributed by atoms with Gasteiger partial charge in [-0.2, -0.15) is 0 Å². The van der Waals surface area contributed by atoms with Crippen LogP contribution in [0.3, 0.4) is 0 Å². The lowest BCUT2D eigenvalue weighted by molar-refractivity contribution is 5.75. The fourth-order valence-electron chi connectivity index (χ4n) is 0. The molecule has 0 saturated heterocycles. The summed E-state index contributed by atoms with van der Waals surface area (Å²) < 4.78 is 0. The highest BCUT2D eigenvalue weighted by Gasteiger charge is 0.00208. The van der Waals surface area contributed by atoms with E-state index in [9.17, 15) is 0 Å². The zero-order chi connectivity index (χ0) is 0. The van der Waals surface area contributed by atoms with E-state index in [2.05, 4.69) is 0 Å². The van der Waals surface area contributed by atoms with Crippen molar-refractivity contribution in [3.63, 3.8) is 0 Å². The standard InChI is InChI=1S/3B.3HI/h;;;3*1H. The van der Waals surface area contributed by atoms with Crippen LogP contribution in [0.15, 0.2) is 0 Å². The molecule has 0 aliphatic carbocycles. The van der Waals surface area contributed by atoms with Crippen LogP contribution in [0.4, 0.5) is 0 Å². The Morgan fingerprint density at radius 1 is 0.333 bits per heavy atom. The molecule has 0 saturated carbocycles. The van der Waals surface area contributed by atoms with Crippen LogP contribution in [0.25, 0.3) is 0 Å². The predicted octanol–water partition coefficient (Wildman–Crippen LogP) is 0.712. The molecular formula is H3B3I3. The molecule has 0 bridgehead atoms. The van der Waals surface area contributed by atoms with Crippen LogP contribution in [0.5, 0.6) is 0 Å². The predicted molar refractivity (Wildman–Crippen MR) is 63.5 cm³/mol. The first kappa shape index (κ1) is 80.4. The SMILES string of the molecule is I.I.I.[B].[B].[B]. The molecule has 0 aromatic carbocycles. The van der Waals surface area contributed by atoms with Crippen molar-refractivity contribution in [3.8, 4) is 0 Å². The molecule has 0 unspecified atom stereocenters. The molecule has 0 heterocycles. The topological polar surface area (TPSA) is 0 Å². The Balaban J connectivity index is 0. The number of halogens is 3. The Labute approximate surface area is 95.8 Å². The summed E-state index contributed by atoms with van der Waals surface area (Å²) in [5, 5.41) is 0. The Bertz CT molecular complexity index is 6.00. The van der Waals surface area contributed by atoms with Crippen LogP contribution in [0, 0.1) is 0 Å². The van der Waals surface area contributed by atoms with Gasteiger partial charge in [-0.1, -0.05) is 0 Å². The van der Waals surface area contributed by atoms with E-state index in [4.69, 9.17) is 0 Å². The van der Waals surface area contributed by atoms with Crippen LogP contribution in [0.2, 0.25) is 0 Å². The summed E-state index contributed by atoms with van der Waals surface area (Å²) in [7, 11) is 0. The van der Waals surface area contributed by atoms with Gasteiger partial charge in [0.05, 0.1) is 0 Å². The maximum atomic E-state index is 0. The van der Waals surface area contributed by atoms with E-state index in [1.54, 1.807) is 0 Å². The summed E-state index contributed by atoms with van der Waals surface area (Å²) >= 11 is 0. The Morgan fingerprint density at radius 3 is 0.333 bits per heavy atom. The van der Waals surface area contributed by atoms with Gasteiger partial charge in [-0.3, -0.25) is 0 Å². The van der Waals surface area contributed by atoms with Crippen molar-refractivity contribution in [1.82, 2.24) is 0 Å². The van der Waals surface area contributed by atoms with Gasteiger partial charge < -0.3 is 0 Å². The molecular weight excluding hydrogens is 413 g/mol. The molecule has 0 N–H and O–H groups in total. The largest absolute Gasteiger partial charge is 0.107 e. The van der Waals surface area contributed by atoms with Crippen LogP contribution in [-0.4, -0.2) is 25.2 Å². The number of rotatable bonds is 0. The average Bonchev–Trinajstić information content (AvgIpc) is 0. The van der Waals surface area contributed by atoms with Crippen LogP contribution >= 0.6 is 71.9 Å². The van der Waals surface area contributed by atoms with Gasteiger partial charge in [0.2, 0.25) is 0 Å². The summed E-state index contributed by atoms with van der Waals surface area (Å²) in [6.45, 7) is 0. The first-order valence-electron chi connectivity index (χ1n) is 0. The second-order valence-corrected chi connectivity index (χ2v) is 0. The third-order valence-electron chi connectivity index (χ3n) is 0. The highest BCUT2D eigenvalue weighted by Crippen LogP contribution is 0.888. The van der Waals surface area contributed by atoms with Crippen LogP contribution in [-0.2, 0) is 0 Å². The molecule has 0 amide bonds. The fraction of sp³-hybridized carbons (Fsp3) is 0. The molecule has 6 heavy (non-hydrogen) atoms. The molecule has 0 nitrogen and oxygen atoms in total. The molecule has 0 rings (SSSR count). The second-order valence-electron chi connectivity index (χ2n) is 0. The van der Waals surface area contributed by atoms with Gasteiger partial charge in [0.1, 0.15) is 0 Å². The second kappa shape index (κ2) is 52.9. The maximum absolute atomic E-state index is 0. The highest BCUT2D eigenvalue weighted by molar-refractivity contribution is 14.0. The van der Waals surface area contributed by atoms with E-state index in [0.29, 0.717) is 0 Å². The van der Waals surface area contributed by atoms with Crippen LogP contribution < -0.4 is 0 Å². The molecule has 0 aliphatic rings. The summed E-state index contributed by atoms with van der Waals surface area (Å²) in [4.78, 5) is 0. The fourth-order valence-corrected chi connectivity index (χ4v) is 0. The van der Waals surface area contributed by atoms with E-state index >= 15 is 0 Å². The molecule has 0 fully saturated rings. The zero-order valence-corrected chi connectivity index (χ0v) is 9.95. The minimum atomic E-state index is 0. The van der Waals surface area contributed by atoms with E-state index < -0.39 is 0 Å². The van der Waals surface area contributed by atoms with Crippen molar-refractivity contribution < 1.29 is 0 Å². The van der Waals surface area contributed by atoms with Crippen molar-refractivity contribution in [3.05, 3.63) is 0 Å². The van der Waals surface area contributed by atoms with Crippen molar-refractivity contribution in [1.29, 1.82) is 0 Å². The molecule has 6 heteroatoms. The van der Waals surface area contributed by atoms with Gasteiger partial charge in [-0.25, -0.2) is 0 Å². The molecule has 0 aliphatic heterocycles. The average molecular weight is 416 g/mol. The van der Waals surface area contributed by atoms with Crippen LogP contribution in [0.1, 0.15) is 0 Å². The minimum absolute atomic E-state index is 0. The molecule has 33 valence electrons. The zero-order valence-electron chi connectivity index (χ0n) is 2.96. The third-order valence-corrected chi connectivity index (χ3v) is 0. The van der Waals surface area contributed by atoms with Gasteiger partial charge in [0, 0.05) is 25.2 Å². The van der Waals surface area contributed by atoms with Gasteiger partial charge in [0.15, 0.2) is 0 Å². The first-order valence-corrected chi connectivity index (χ1v) is 0. The van der Waals surface area contributed by atoms with E-state index in [1.165, 1.54) is 0 Å². The number of hydrogen-bond acceptors (Lipinski definition) is 0. The Morgan fingerprint density at radius 2 is 0.333 bits per heavy atom. The lowest BCUT2D eigenvalue weighted by Crippen LogP contribution is -0.382. The maximum Gasteiger partial charge on any atom is 0 e. The van der Waals surface area contributed by atoms with E-state index in [1.807, 2.05) is 0 Å². The van der Waals surface area contributed by atoms with Crippen molar-refractivity contribution in [2.24, 2.45) is 0 Å². The molecule has 9 radical (unpaired) electrons. The molecule has 0 aromatic heterocycles. The quantitative estimate of drug-likeness (QED) is 0.404. The van der Waals surface area contributed by atoms with Crippen molar-refractivity contribution in [2.45, 2.75) is 0 Å². The molecule has 0 atom stereocenters. The lowest BCUT2D eigenvalue weighted by atomic mass is 10.8. The summed E-state index contributed by atoms with van der Waals surface area (Å²) in [5.74, 6) is 0. The number of hydrogen-bond donors (Lipinski definition) is 0. The van der Waals surface area contributed by atoms with Gasteiger partial charge in [-0.15, -0.1) is 71.9 Å². The van der Waals surface area contributed by atoms with Crippen molar-refractivity contribution in [2.75, 3.05) is 0 Å². The smallest absolute Gasteiger partial charge is 0 e. The summed E-state index contributed by atoms with van der Waals surface area (Å²) in [5.41, 5.74) is 0. The lowest BCUT2D eigenvalue weighted by Gasteiger charge is -0.108. The van der Waals surface area contributed by atoms with Gasteiger partial charge >= 0.3 is 0 Å². The third kappa shape index (κ3) is 32.6. The minimum Gasteiger partial charge on any atom is -0.107 e. The summed E-state index contributed by atoms with van der Waals surface area (Å²) in [6, 6.07) is 0. The monoisotopic (exact) mass is 417 g/mol. The van der Waals surface area contributed by atoms with Gasteiger partial charge in [-0.05, 0) is 0 Å². The van der Waals surface area contributed by atoms with Gasteiger partial charge in [0.25, 0.3) is 0 Å². The van der Waals surface area contributed by atoms with E-state index in [0.717, 1.165) is 0 Å². The highest BCUT2D eigenvalue weighted by atomic mass is 127. The molecule has 0 spiro atoms. The summed E-state index contributed by atoms with van der Waals surface area (Å²) in [6.07, 6.45) is 0. The normalized spacial score (nSPS) is 0. The van der Waals surface area contributed by atoms with E-state index in [-0.39, 0.29) is 97.2 Å². The van der Waals surface area contributed by atoms with Crippen molar-refractivity contribution >= 4 is 97.2 Å². The molecule has 0 aromatic rings.